The van der Waals surface area contributed by atoms with Crippen molar-refractivity contribution in [3.63, 3.8) is 0 Å². The number of piperidine rings is 1. The highest BCUT2D eigenvalue weighted by Crippen LogP contribution is 2.29. The van der Waals surface area contributed by atoms with Crippen LogP contribution in [0.15, 0.2) is 17.6 Å². The van der Waals surface area contributed by atoms with Crippen LogP contribution in [-0.2, 0) is 11.3 Å². The second-order valence-electron chi connectivity index (χ2n) is 6.23. The van der Waals surface area contributed by atoms with Crippen molar-refractivity contribution in [2.75, 3.05) is 25.9 Å². The third kappa shape index (κ3) is 3.27. The zero-order valence-corrected chi connectivity index (χ0v) is 14.2. The number of aromatic nitrogens is 2. The van der Waals surface area contributed by atoms with E-state index >= 15 is 0 Å². The Morgan fingerprint density at radius 2 is 2.05 bits per heavy atom. The van der Waals surface area contributed by atoms with Gasteiger partial charge in [0.15, 0.2) is 5.16 Å². The summed E-state index contributed by atoms with van der Waals surface area (Å²) in [4.78, 5) is 25.8. The van der Waals surface area contributed by atoms with Gasteiger partial charge in [0.05, 0.1) is 5.92 Å². The summed E-state index contributed by atoms with van der Waals surface area (Å²) in [7, 11) is 0. The molecule has 0 aliphatic carbocycles. The van der Waals surface area contributed by atoms with Crippen molar-refractivity contribution in [2.24, 2.45) is 5.92 Å². The molecule has 0 saturated carbocycles. The van der Waals surface area contributed by atoms with Gasteiger partial charge in [0.25, 0.3) is 0 Å². The van der Waals surface area contributed by atoms with Crippen LogP contribution in [0, 0.1) is 5.92 Å². The maximum Gasteiger partial charge on any atom is 0.227 e. The first-order chi connectivity index (χ1) is 10.7. The number of hydrogen-bond acceptors (Lipinski definition) is 5. The van der Waals surface area contributed by atoms with Crippen LogP contribution in [0.25, 0.3) is 0 Å². The summed E-state index contributed by atoms with van der Waals surface area (Å²) in [5.41, 5.74) is 1.13. The third-order valence-electron chi connectivity index (χ3n) is 4.60. The van der Waals surface area contributed by atoms with Gasteiger partial charge in [0.2, 0.25) is 5.91 Å². The molecule has 120 valence electrons. The van der Waals surface area contributed by atoms with Gasteiger partial charge in [-0.05, 0) is 25.5 Å². The Balaban J connectivity index is 1.69. The minimum absolute atomic E-state index is 0.177. The molecular formula is C16H24N4OS. The summed E-state index contributed by atoms with van der Waals surface area (Å²) in [6.07, 6.45) is 9.04. The van der Waals surface area contributed by atoms with Crippen molar-refractivity contribution >= 4 is 17.7 Å². The molecule has 3 saturated heterocycles. The Morgan fingerprint density at radius 3 is 2.73 bits per heavy atom. The molecule has 2 bridgehead atoms. The normalized spacial score (nSPS) is 25.5. The molecule has 3 aliphatic rings. The van der Waals surface area contributed by atoms with Gasteiger partial charge < -0.3 is 4.90 Å². The summed E-state index contributed by atoms with van der Waals surface area (Å²) in [5, 5.41) is 0.809. The summed E-state index contributed by atoms with van der Waals surface area (Å²) >= 11 is 1.56. The fourth-order valence-corrected chi connectivity index (χ4v) is 3.90. The number of hydrogen-bond donors (Lipinski definition) is 0. The van der Waals surface area contributed by atoms with Crippen LogP contribution in [0.5, 0.6) is 0 Å². The Morgan fingerprint density at radius 1 is 1.27 bits per heavy atom. The lowest BCUT2D eigenvalue weighted by atomic mass is 9.94. The SMILES string of the molecule is CCCN1C(=O)[C@H]2CC[C@@H]1CN(Cc1cnc(SC)nc1)C2. The second-order valence-corrected chi connectivity index (χ2v) is 7.01. The van der Waals surface area contributed by atoms with E-state index in [1.54, 1.807) is 11.8 Å². The summed E-state index contributed by atoms with van der Waals surface area (Å²) in [5.74, 6) is 0.547. The van der Waals surface area contributed by atoms with Crippen LogP contribution in [0.3, 0.4) is 0 Å². The molecule has 3 aliphatic heterocycles. The molecule has 0 aromatic carbocycles. The van der Waals surface area contributed by atoms with Crippen molar-refractivity contribution in [3.05, 3.63) is 18.0 Å². The van der Waals surface area contributed by atoms with Crippen LogP contribution in [-0.4, -0.2) is 57.6 Å². The Hall–Kier alpha value is -1.14. The molecule has 0 unspecified atom stereocenters. The van der Waals surface area contributed by atoms with Gasteiger partial charge in [0, 0.05) is 50.2 Å². The number of fused-ring (bicyclic) bond motifs is 4. The topological polar surface area (TPSA) is 49.3 Å². The zero-order chi connectivity index (χ0) is 15.5. The lowest BCUT2D eigenvalue weighted by Crippen LogP contribution is -2.48. The fourth-order valence-electron chi connectivity index (χ4n) is 3.58. The van der Waals surface area contributed by atoms with Crippen LogP contribution in [0.2, 0.25) is 0 Å². The van der Waals surface area contributed by atoms with Crippen molar-refractivity contribution in [3.8, 4) is 0 Å². The molecular weight excluding hydrogens is 296 g/mol. The average Bonchev–Trinajstić information content (AvgIpc) is 2.80. The van der Waals surface area contributed by atoms with E-state index in [1.165, 1.54) is 0 Å². The van der Waals surface area contributed by atoms with E-state index < -0.39 is 0 Å². The zero-order valence-electron chi connectivity index (χ0n) is 13.4. The van der Waals surface area contributed by atoms with Gasteiger partial charge in [-0.1, -0.05) is 18.7 Å². The number of rotatable bonds is 5. The summed E-state index contributed by atoms with van der Waals surface area (Å²) in [6, 6.07) is 0.387. The molecule has 1 amide bonds. The molecule has 4 rings (SSSR count). The first-order valence-corrected chi connectivity index (χ1v) is 9.31. The highest BCUT2D eigenvalue weighted by atomic mass is 32.2. The lowest BCUT2D eigenvalue weighted by molar-refractivity contribution is -0.139. The van der Waals surface area contributed by atoms with Gasteiger partial charge in [-0.3, -0.25) is 9.69 Å². The lowest BCUT2D eigenvalue weighted by Gasteiger charge is -2.35. The van der Waals surface area contributed by atoms with Crippen molar-refractivity contribution in [2.45, 2.75) is 43.9 Å². The molecule has 22 heavy (non-hydrogen) atoms. The highest BCUT2D eigenvalue weighted by molar-refractivity contribution is 7.98. The number of amides is 1. The molecule has 1 aromatic rings. The quantitative estimate of drug-likeness (QED) is 0.614. The van der Waals surface area contributed by atoms with Crippen molar-refractivity contribution in [1.82, 2.24) is 19.8 Å². The summed E-state index contributed by atoms with van der Waals surface area (Å²) < 4.78 is 0. The Kier molecular flexibility index (Phi) is 4.98. The number of nitrogens with zero attached hydrogens (tertiary/aromatic N) is 4. The minimum atomic E-state index is 0.177. The molecule has 2 atom stereocenters. The van der Waals surface area contributed by atoms with Crippen LogP contribution in [0.4, 0.5) is 0 Å². The first kappa shape index (κ1) is 15.7. The standard InChI is InChI=1S/C16H24N4OS/c1-3-6-20-14-5-4-13(15(20)21)10-19(11-14)9-12-7-17-16(22-2)18-8-12/h7-8,13-14H,3-6,9-11H2,1-2H3/t13-,14+/m0/s1. The molecule has 0 radical (unpaired) electrons. The van der Waals surface area contributed by atoms with E-state index in [4.69, 9.17) is 0 Å². The van der Waals surface area contributed by atoms with Crippen LogP contribution in [0.1, 0.15) is 31.7 Å². The van der Waals surface area contributed by atoms with E-state index in [9.17, 15) is 4.79 Å². The van der Waals surface area contributed by atoms with E-state index in [0.717, 1.165) is 56.2 Å². The monoisotopic (exact) mass is 320 g/mol. The molecule has 5 nitrogen and oxygen atoms in total. The Labute approximate surface area is 136 Å². The largest absolute Gasteiger partial charge is 0.338 e. The average molecular weight is 320 g/mol. The molecule has 0 N–H and O–H groups in total. The van der Waals surface area contributed by atoms with Gasteiger partial charge in [0.1, 0.15) is 0 Å². The van der Waals surface area contributed by atoms with E-state index in [2.05, 4.69) is 26.7 Å². The fraction of sp³-hybridized carbons (Fsp3) is 0.688. The van der Waals surface area contributed by atoms with E-state index in [0.29, 0.717) is 11.9 Å². The maximum atomic E-state index is 12.6. The third-order valence-corrected chi connectivity index (χ3v) is 5.18. The molecule has 6 heteroatoms. The van der Waals surface area contributed by atoms with Gasteiger partial charge >= 0.3 is 0 Å². The smallest absolute Gasteiger partial charge is 0.227 e. The number of carbonyl (C=O) groups excluding carboxylic acids is 1. The minimum Gasteiger partial charge on any atom is -0.338 e. The molecule has 3 fully saturated rings. The number of carbonyl (C=O) groups is 1. The highest BCUT2D eigenvalue weighted by Gasteiger charge is 2.39. The van der Waals surface area contributed by atoms with Crippen molar-refractivity contribution in [1.29, 1.82) is 0 Å². The van der Waals surface area contributed by atoms with Gasteiger partial charge in [-0.2, -0.15) is 0 Å². The molecule has 0 spiro atoms. The summed E-state index contributed by atoms with van der Waals surface area (Å²) in [6.45, 7) is 5.74. The molecule has 1 aromatic heterocycles. The predicted molar refractivity (Wildman–Crippen MR) is 87.6 cm³/mol. The van der Waals surface area contributed by atoms with E-state index in [1.807, 2.05) is 18.6 Å². The van der Waals surface area contributed by atoms with E-state index in [-0.39, 0.29) is 5.92 Å². The maximum absolute atomic E-state index is 12.6. The van der Waals surface area contributed by atoms with Crippen LogP contribution >= 0.6 is 11.8 Å². The van der Waals surface area contributed by atoms with Crippen molar-refractivity contribution < 1.29 is 4.79 Å². The Bertz CT molecular complexity index is 521. The number of thioether (sulfide) groups is 1. The van der Waals surface area contributed by atoms with Gasteiger partial charge in [-0.15, -0.1) is 0 Å². The second kappa shape index (κ2) is 6.96. The first-order valence-electron chi connectivity index (χ1n) is 8.09. The van der Waals surface area contributed by atoms with Crippen LogP contribution < -0.4 is 0 Å². The van der Waals surface area contributed by atoms with Gasteiger partial charge in [-0.25, -0.2) is 9.97 Å². The predicted octanol–water partition coefficient (Wildman–Crippen LogP) is 2.03. The molecule has 4 heterocycles.